The lowest BCUT2D eigenvalue weighted by molar-refractivity contribution is -0.147. The number of hydrogen-bond acceptors (Lipinski definition) is 4. The van der Waals surface area contributed by atoms with E-state index in [0.29, 0.717) is 12.3 Å². The highest BCUT2D eigenvalue weighted by atomic mass is 16.5. The average molecular weight is 213 g/mol. The number of nitrogens with two attached hydrogens (primary N) is 1. The largest absolute Gasteiger partial charge is 0.464 e. The fourth-order valence-corrected chi connectivity index (χ4v) is 1.65. The van der Waals surface area contributed by atoms with Gasteiger partial charge in [-0.1, -0.05) is 19.3 Å². The van der Waals surface area contributed by atoms with Crippen molar-refractivity contribution in [3.63, 3.8) is 0 Å². The molecule has 2 N–H and O–H groups in total. The van der Waals surface area contributed by atoms with Gasteiger partial charge in [0.25, 0.3) is 0 Å². The highest BCUT2D eigenvalue weighted by molar-refractivity contribution is 6.02. The van der Waals surface area contributed by atoms with E-state index >= 15 is 0 Å². The van der Waals surface area contributed by atoms with E-state index < -0.39 is 12.0 Å². The minimum atomic E-state index is -1.08. The van der Waals surface area contributed by atoms with Gasteiger partial charge in [-0.3, -0.25) is 4.79 Å². The van der Waals surface area contributed by atoms with Crippen molar-refractivity contribution in [3.8, 4) is 0 Å². The molecule has 0 bridgehead atoms. The summed E-state index contributed by atoms with van der Waals surface area (Å²) in [6.45, 7) is 1.96. The zero-order valence-corrected chi connectivity index (χ0v) is 9.20. The molecule has 15 heavy (non-hydrogen) atoms. The molecule has 86 valence electrons. The van der Waals surface area contributed by atoms with Crippen LogP contribution >= 0.6 is 0 Å². The highest BCUT2D eigenvalue weighted by Crippen LogP contribution is 2.30. The van der Waals surface area contributed by atoms with Crippen LogP contribution in [0.3, 0.4) is 0 Å². The maximum atomic E-state index is 11.5. The molecule has 0 spiro atoms. The Morgan fingerprint density at radius 3 is 2.60 bits per heavy atom. The molecule has 1 fully saturated rings. The molecule has 1 atom stereocenters. The van der Waals surface area contributed by atoms with Crippen LogP contribution in [0, 0.1) is 5.92 Å². The standard InChI is InChI=1S/C11H19NO3/c1-2-15-11(14)10(12)9(13)7-6-8-4-3-5-8/h8,10H,2-7,12H2,1H3. The van der Waals surface area contributed by atoms with E-state index in [1.807, 2.05) is 0 Å². The zero-order valence-electron chi connectivity index (χ0n) is 9.20. The van der Waals surface area contributed by atoms with Crippen LogP contribution in [0.25, 0.3) is 0 Å². The molecule has 1 aliphatic rings. The summed E-state index contributed by atoms with van der Waals surface area (Å²) in [5.74, 6) is -0.125. The average Bonchev–Trinajstić information content (AvgIpc) is 2.14. The number of hydrogen-bond donors (Lipinski definition) is 1. The summed E-state index contributed by atoms with van der Waals surface area (Å²) in [6, 6.07) is -1.08. The topological polar surface area (TPSA) is 69.4 Å². The lowest BCUT2D eigenvalue weighted by Crippen LogP contribution is -2.40. The monoisotopic (exact) mass is 213 g/mol. The predicted octanol–water partition coefficient (Wildman–Crippen LogP) is 1.03. The molecule has 0 saturated heterocycles. The van der Waals surface area contributed by atoms with Gasteiger partial charge < -0.3 is 10.5 Å². The van der Waals surface area contributed by atoms with Gasteiger partial charge in [-0.2, -0.15) is 0 Å². The van der Waals surface area contributed by atoms with Gasteiger partial charge in [-0.15, -0.1) is 0 Å². The SMILES string of the molecule is CCOC(=O)C(N)C(=O)CCC1CCC1. The molecular weight excluding hydrogens is 194 g/mol. The van der Waals surface area contributed by atoms with Gasteiger partial charge in [0.05, 0.1) is 6.61 Å². The van der Waals surface area contributed by atoms with Crippen LogP contribution in [0.4, 0.5) is 0 Å². The van der Waals surface area contributed by atoms with Gasteiger partial charge >= 0.3 is 5.97 Å². The fourth-order valence-electron chi connectivity index (χ4n) is 1.65. The van der Waals surface area contributed by atoms with Gasteiger partial charge in [0.1, 0.15) is 0 Å². The van der Waals surface area contributed by atoms with Crippen molar-refractivity contribution in [1.29, 1.82) is 0 Å². The predicted molar refractivity (Wildman–Crippen MR) is 56.2 cm³/mol. The molecule has 0 aromatic heterocycles. The molecule has 1 saturated carbocycles. The molecule has 0 amide bonds. The van der Waals surface area contributed by atoms with Gasteiger partial charge in [0, 0.05) is 6.42 Å². The quantitative estimate of drug-likeness (QED) is 0.528. The van der Waals surface area contributed by atoms with E-state index in [0.717, 1.165) is 6.42 Å². The lowest BCUT2D eigenvalue weighted by Gasteiger charge is -2.25. The Morgan fingerprint density at radius 2 is 2.13 bits per heavy atom. The summed E-state index contributed by atoms with van der Waals surface area (Å²) in [5, 5.41) is 0. The Bertz CT molecular complexity index is 236. The number of Topliss-reactive ketones (excluding diaryl/α,β-unsaturated/α-hetero) is 1. The summed E-state index contributed by atoms with van der Waals surface area (Å²) in [7, 11) is 0. The number of ketones is 1. The Morgan fingerprint density at radius 1 is 1.47 bits per heavy atom. The first-order chi connectivity index (χ1) is 7.15. The summed E-state index contributed by atoms with van der Waals surface area (Å²) >= 11 is 0. The molecule has 0 heterocycles. The van der Waals surface area contributed by atoms with Crippen LogP contribution in [0.1, 0.15) is 39.0 Å². The second kappa shape index (κ2) is 5.85. The van der Waals surface area contributed by atoms with Crippen LogP contribution in [-0.4, -0.2) is 24.4 Å². The molecule has 1 aliphatic carbocycles. The number of carbonyl (C=O) groups is 2. The third kappa shape index (κ3) is 3.63. The van der Waals surface area contributed by atoms with E-state index in [9.17, 15) is 9.59 Å². The molecule has 4 nitrogen and oxygen atoms in total. The van der Waals surface area contributed by atoms with E-state index in [1.165, 1.54) is 19.3 Å². The minimum absolute atomic E-state index is 0.194. The third-order valence-electron chi connectivity index (χ3n) is 2.91. The smallest absolute Gasteiger partial charge is 0.330 e. The first-order valence-corrected chi connectivity index (χ1v) is 5.60. The van der Waals surface area contributed by atoms with Crippen molar-refractivity contribution >= 4 is 11.8 Å². The summed E-state index contributed by atoms with van der Waals surface area (Å²) in [6.07, 6.45) is 4.96. The Labute approximate surface area is 90.2 Å². The number of carbonyl (C=O) groups excluding carboxylic acids is 2. The molecular formula is C11H19NO3. The minimum Gasteiger partial charge on any atom is -0.464 e. The van der Waals surface area contributed by atoms with E-state index in [4.69, 9.17) is 5.73 Å². The van der Waals surface area contributed by atoms with Crippen LogP contribution in [0.2, 0.25) is 0 Å². The van der Waals surface area contributed by atoms with Gasteiger partial charge in [0.15, 0.2) is 11.8 Å². The maximum absolute atomic E-state index is 11.5. The fraction of sp³-hybridized carbons (Fsp3) is 0.818. The van der Waals surface area contributed by atoms with Crippen molar-refractivity contribution < 1.29 is 14.3 Å². The van der Waals surface area contributed by atoms with Gasteiger partial charge in [0.2, 0.25) is 0 Å². The van der Waals surface area contributed by atoms with Gasteiger partial charge in [-0.05, 0) is 19.3 Å². The first-order valence-electron chi connectivity index (χ1n) is 5.60. The van der Waals surface area contributed by atoms with Crippen LogP contribution in [0.5, 0.6) is 0 Å². The number of ether oxygens (including phenoxy) is 1. The normalized spacial score (nSPS) is 18.0. The van der Waals surface area contributed by atoms with Crippen molar-refractivity contribution in [1.82, 2.24) is 0 Å². The summed E-state index contributed by atoms with van der Waals surface area (Å²) in [5.41, 5.74) is 5.47. The second-order valence-electron chi connectivity index (χ2n) is 4.03. The third-order valence-corrected chi connectivity index (χ3v) is 2.91. The first kappa shape index (κ1) is 12.2. The number of esters is 1. The van der Waals surface area contributed by atoms with Crippen LogP contribution in [-0.2, 0) is 14.3 Å². The summed E-state index contributed by atoms with van der Waals surface area (Å²) < 4.78 is 4.69. The van der Waals surface area contributed by atoms with Crippen molar-refractivity contribution in [2.75, 3.05) is 6.61 Å². The van der Waals surface area contributed by atoms with Crippen LogP contribution in [0.15, 0.2) is 0 Å². The van der Waals surface area contributed by atoms with E-state index in [-0.39, 0.29) is 12.4 Å². The zero-order chi connectivity index (χ0) is 11.3. The molecule has 0 radical (unpaired) electrons. The second-order valence-corrected chi connectivity index (χ2v) is 4.03. The number of rotatable bonds is 6. The molecule has 0 aromatic rings. The van der Waals surface area contributed by atoms with Crippen LogP contribution < -0.4 is 5.73 Å². The molecule has 0 aliphatic heterocycles. The lowest BCUT2D eigenvalue weighted by atomic mass is 9.81. The van der Waals surface area contributed by atoms with Gasteiger partial charge in [-0.25, -0.2) is 4.79 Å². The summed E-state index contributed by atoms with van der Waals surface area (Å²) in [4.78, 5) is 22.6. The highest BCUT2D eigenvalue weighted by Gasteiger charge is 2.25. The molecule has 4 heteroatoms. The Balaban J connectivity index is 2.22. The van der Waals surface area contributed by atoms with Crippen molar-refractivity contribution in [3.05, 3.63) is 0 Å². The molecule has 0 aromatic carbocycles. The van der Waals surface area contributed by atoms with Crippen molar-refractivity contribution in [2.45, 2.75) is 45.1 Å². The Kier molecular flexibility index (Phi) is 4.75. The van der Waals surface area contributed by atoms with E-state index in [1.54, 1.807) is 6.92 Å². The Hall–Kier alpha value is -0.900. The van der Waals surface area contributed by atoms with Crippen molar-refractivity contribution in [2.24, 2.45) is 11.7 Å². The molecule has 1 rings (SSSR count). The van der Waals surface area contributed by atoms with E-state index in [2.05, 4.69) is 4.74 Å². The maximum Gasteiger partial charge on any atom is 0.330 e. The molecule has 1 unspecified atom stereocenters.